The number of methoxy groups -OCH3 is 3. The van der Waals surface area contributed by atoms with Crippen LogP contribution in [0.3, 0.4) is 0 Å². The summed E-state index contributed by atoms with van der Waals surface area (Å²) < 4.78 is 27.8. The Labute approximate surface area is 182 Å². The maximum absolute atomic E-state index is 12.8. The molecule has 0 bridgehead atoms. The van der Waals surface area contributed by atoms with E-state index in [1.54, 1.807) is 51.7 Å². The summed E-state index contributed by atoms with van der Waals surface area (Å²) in [5, 5.41) is 0. The van der Waals surface area contributed by atoms with Gasteiger partial charge in [0.1, 0.15) is 18.1 Å². The van der Waals surface area contributed by atoms with E-state index in [0.717, 1.165) is 19.6 Å². The highest BCUT2D eigenvalue weighted by Crippen LogP contribution is 2.40. The van der Waals surface area contributed by atoms with Crippen LogP contribution in [0.2, 0.25) is 0 Å². The molecular weight excluding hydrogens is 398 g/mol. The van der Waals surface area contributed by atoms with Crippen LogP contribution in [-0.2, 0) is 0 Å². The van der Waals surface area contributed by atoms with Crippen molar-refractivity contribution in [1.29, 1.82) is 0 Å². The number of Topliss-reactive ketones (excluding diaryl/α,β-unsaturated/α-hetero) is 1. The van der Waals surface area contributed by atoms with Crippen LogP contribution < -0.4 is 23.7 Å². The lowest BCUT2D eigenvalue weighted by molar-refractivity contribution is 0.101. The molecule has 0 spiro atoms. The molecule has 0 saturated carbocycles. The zero-order chi connectivity index (χ0) is 21.8. The largest absolute Gasteiger partial charge is 0.493 e. The first-order chi connectivity index (χ1) is 15.1. The minimum absolute atomic E-state index is 0.174. The molecule has 1 saturated heterocycles. The molecule has 0 radical (unpaired) electrons. The van der Waals surface area contributed by atoms with Gasteiger partial charge in [-0.3, -0.25) is 9.69 Å². The molecule has 164 valence electrons. The van der Waals surface area contributed by atoms with Crippen molar-refractivity contribution >= 4 is 11.9 Å². The van der Waals surface area contributed by atoms with Crippen molar-refractivity contribution in [1.82, 2.24) is 4.90 Å². The van der Waals surface area contributed by atoms with Crippen molar-refractivity contribution in [2.24, 2.45) is 0 Å². The Balaban J connectivity index is 1.50. The van der Waals surface area contributed by atoms with Crippen LogP contribution >= 0.6 is 0 Å². The SMILES string of the molecule is COc1cc(/C=C2/Oc3cc(OCCN4CCCC4)ccc3C2=O)cc(OC)c1OC. The molecule has 7 heteroatoms. The number of rotatable bonds is 8. The molecule has 0 amide bonds. The van der Waals surface area contributed by atoms with E-state index in [0.29, 0.717) is 46.5 Å². The summed E-state index contributed by atoms with van der Waals surface area (Å²) in [5.74, 6) is 2.76. The van der Waals surface area contributed by atoms with E-state index in [9.17, 15) is 4.79 Å². The monoisotopic (exact) mass is 425 g/mol. The molecule has 4 rings (SSSR count). The fourth-order valence-corrected chi connectivity index (χ4v) is 3.89. The Morgan fingerprint density at radius 1 is 1.00 bits per heavy atom. The van der Waals surface area contributed by atoms with Gasteiger partial charge in [0.2, 0.25) is 11.5 Å². The molecule has 2 heterocycles. The predicted molar refractivity (Wildman–Crippen MR) is 117 cm³/mol. The molecule has 7 nitrogen and oxygen atoms in total. The Kier molecular flexibility index (Phi) is 6.32. The lowest BCUT2D eigenvalue weighted by atomic mass is 10.1. The van der Waals surface area contributed by atoms with Crippen molar-refractivity contribution < 1.29 is 28.5 Å². The highest BCUT2D eigenvalue weighted by molar-refractivity contribution is 6.14. The van der Waals surface area contributed by atoms with E-state index < -0.39 is 0 Å². The lowest BCUT2D eigenvalue weighted by Gasteiger charge is -2.15. The zero-order valence-electron chi connectivity index (χ0n) is 18.1. The van der Waals surface area contributed by atoms with Crippen molar-refractivity contribution in [3.8, 4) is 28.7 Å². The van der Waals surface area contributed by atoms with E-state index in [2.05, 4.69) is 4.90 Å². The number of ether oxygens (including phenoxy) is 5. The summed E-state index contributed by atoms with van der Waals surface area (Å²) in [7, 11) is 4.64. The van der Waals surface area contributed by atoms with E-state index in [4.69, 9.17) is 23.7 Å². The molecule has 1 fully saturated rings. The Bertz CT molecular complexity index is 969. The third kappa shape index (κ3) is 4.46. The molecule has 0 N–H and O–H groups in total. The highest BCUT2D eigenvalue weighted by atomic mass is 16.5. The standard InChI is InChI=1S/C24H27NO6/c1-27-21-13-16(14-22(28-2)24(21)29-3)12-20-23(26)18-7-6-17(15-19(18)31-20)30-11-10-25-8-4-5-9-25/h6-7,12-15H,4-5,8-11H2,1-3H3/b20-12+. The van der Waals surface area contributed by atoms with Gasteiger partial charge in [-0.15, -0.1) is 0 Å². The van der Waals surface area contributed by atoms with Crippen molar-refractivity contribution in [2.75, 3.05) is 47.6 Å². The second-order valence-corrected chi connectivity index (χ2v) is 7.45. The van der Waals surface area contributed by atoms with Gasteiger partial charge in [0.15, 0.2) is 17.3 Å². The van der Waals surface area contributed by atoms with Crippen LogP contribution in [0.1, 0.15) is 28.8 Å². The van der Waals surface area contributed by atoms with Gasteiger partial charge in [0.05, 0.1) is 26.9 Å². The van der Waals surface area contributed by atoms with Crippen LogP contribution in [0.25, 0.3) is 6.08 Å². The predicted octanol–water partition coefficient (Wildman–Crippen LogP) is 3.80. The fourth-order valence-electron chi connectivity index (χ4n) is 3.89. The van der Waals surface area contributed by atoms with Gasteiger partial charge >= 0.3 is 0 Å². The second-order valence-electron chi connectivity index (χ2n) is 7.45. The van der Waals surface area contributed by atoms with Crippen molar-refractivity contribution in [3.63, 3.8) is 0 Å². The number of hydrogen-bond acceptors (Lipinski definition) is 7. The zero-order valence-corrected chi connectivity index (χ0v) is 18.1. The third-order valence-corrected chi connectivity index (χ3v) is 5.50. The molecular formula is C24H27NO6. The Hall–Kier alpha value is -3.19. The molecule has 0 aromatic heterocycles. The number of carbonyl (C=O) groups is 1. The summed E-state index contributed by atoms with van der Waals surface area (Å²) in [5.41, 5.74) is 1.22. The molecule has 0 atom stereocenters. The van der Waals surface area contributed by atoms with Crippen molar-refractivity contribution in [3.05, 3.63) is 47.2 Å². The average molecular weight is 425 g/mol. The number of fused-ring (bicyclic) bond motifs is 1. The summed E-state index contributed by atoms with van der Waals surface area (Å²) in [6.45, 7) is 3.80. The van der Waals surface area contributed by atoms with Crippen LogP contribution in [0, 0.1) is 0 Å². The molecule has 2 aliphatic heterocycles. The molecule has 31 heavy (non-hydrogen) atoms. The number of allylic oxidation sites excluding steroid dienone is 1. The van der Waals surface area contributed by atoms with Crippen LogP contribution in [0.4, 0.5) is 0 Å². The summed E-state index contributed by atoms with van der Waals surface area (Å²) >= 11 is 0. The number of hydrogen-bond donors (Lipinski definition) is 0. The summed E-state index contributed by atoms with van der Waals surface area (Å²) in [4.78, 5) is 15.2. The number of benzene rings is 2. The normalized spacial score (nSPS) is 16.9. The van der Waals surface area contributed by atoms with E-state index in [1.165, 1.54) is 12.8 Å². The van der Waals surface area contributed by atoms with Crippen molar-refractivity contribution in [2.45, 2.75) is 12.8 Å². The van der Waals surface area contributed by atoms with Gasteiger partial charge in [-0.2, -0.15) is 0 Å². The maximum Gasteiger partial charge on any atom is 0.231 e. The molecule has 2 aromatic carbocycles. The molecule has 2 aromatic rings. The smallest absolute Gasteiger partial charge is 0.231 e. The van der Waals surface area contributed by atoms with Crippen LogP contribution in [0.5, 0.6) is 28.7 Å². The number of carbonyl (C=O) groups excluding carboxylic acids is 1. The first-order valence-corrected chi connectivity index (χ1v) is 10.4. The maximum atomic E-state index is 12.8. The lowest BCUT2D eigenvalue weighted by Crippen LogP contribution is -2.25. The minimum atomic E-state index is -0.174. The van der Waals surface area contributed by atoms with Gasteiger partial charge in [0, 0.05) is 12.6 Å². The van der Waals surface area contributed by atoms with Gasteiger partial charge in [-0.1, -0.05) is 0 Å². The Morgan fingerprint density at radius 2 is 1.71 bits per heavy atom. The van der Waals surface area contributed by atoms with Gasteiger partial charge in [0.25, 0.3) is 0 Å². The number of ketones is 1. The molecule has 2 aliphatic rings. The first-order valence-electron chi connectivity index (χ1n) is 10.4. The molecule has 0 unspecified atom stereocenters. The Morgan fingerprint density at radius 3 is 2.35 bits per heavy atom. The van der Waals surface area contributed by atoms with Crippen LogP contribution in [-0.4, -0.2) is 58.3 Å². The van der Waals surface area contributed by atoms with E-state index in [1.807, 2.05) is 6.07 Å². The third-order valence-electron chi connectivity index (χ3n) is 5.50. The second kappa shape index (κ2) is 9.31. The summed E-state index contributed by atoms with van der Waals surface area (Å²) in [6, 6.07) is 8.86. The number of likely N-dealkylation sites (tertiary alicyclic amines) is 1. The number of nitrogens with zero attached hydrogens (tertiary/aromatic N) is 1. The summed E-state index contributed by atoms with van der Waals surface area (Å²) in [6.07, 6.45) is 4.19. The van der Waals surface area contributed by atoms with E-state index >= 15 is 0 Å². The van der Waals surface area contributed by atoms with Gasteiger partial charge in [-0.05, 0) is 61.8 Å². The van der Waals surface area contributed by atoms with Gasteiger partial charge < -0.3 is 23.7 Å². The fraction of sp³-hybridized carbons (Fsp3) is 0.375. The van der Waals surface area contributed by atoms with Crippen LogP contribution in [0.15, 0.2) is 36.1 Å². The molecule has 0 aliphatic carbocycles. The first kappa shape index (κ1) is 21.1. The highest BCUT2D eigenvalue weighted by Gasteiger charge is 2.28. The quantitative estimate of drug-likeness (QED) is 0.596. The topological polar surface area (TPSA) is 66.5 Å². The minimum Gasteiger partial charge on any atom is -0.493 e. The van der Waals surface area contributed by atoms with E-state index in [-0.39, 0.29) is 11.5 Å². The average Bonchev–Trinajstić information content (AvgIpc) is 3.41. The van der Waals surface area contributed by atoms with Gasteiger partial charge in [-0.25, -0.2) is 0 Å².